The predicted molar refractivity (Wildman–Crippen MR) is 134 cm³/mol. The summed E-state index contributed by atoms with van der Waals surface area (Å²) in [5.41, 5.74) is 3.65. The summed E-state index contributed by atoms with van der Waals surface area (Å²) >= 11 is 0. The molecule has 0 saturated carbocycles. The van der Waals surface area contributed by atoms with E-state index in [-0.39, 0.29) is 17.2 Å². The molecular formula is C25H30N6O3S. The van der Waals surface area contributed by atoms with E-state index in [9.17, 15) is 13.2 Å². The van der Waals surface area contributed by atoms with Crippen molar-refractivity contribution in [2.45, 2.75) is 44.3 Å². The number of hydrogen-bond acceptors (Lipinski definition) is 5. The third-order valence-electron chi connectivity index (χ3n) is 5.98. The lowest BCUT2D eigenvalue weighted by atomic mass is 10.1. The molecule has 0 aliphatic heterocycles. The van der Waals surface area contributed by atoms with E-state index < -0.39 is 10.0 Å². The molecule has 0 aliphatic rings. The SMILES string of the molecule is CCn1c(CCC(=O)NCc2ccccc2Cn2ccnc2)nc2cc(S(=O)(=O)N(C)C)ccc21. The number of aromatic nitrogens is 4. The van der Waals surface area contributed by atoms with Crippen molar-refractivity contribution in [1.29, 1.82) is 0 Å². The van der Waals surface area contributed by atoms with Gasteiger partial charge in [-0.25, -0.2) is 22.7 Å². The molecule has 0 atom stereocenters. The van der Waals surface area contributed by atoms with Crippen molar-refractivity contribution in [3.63, 3.8) is 0 Å². The molecular weight excluding hydrogens is 464 g/mol. The van der Waals surface area contributed by atoms with Crippen LogP contribution in [-0.2, 0) is 40.9 Å². The van der Waals surface area contributed by atoms with Gasteiger partial charge in [-0.2, -0.15) is 0 Å². The van der Waals surface area contributed by atoms with Crippen LogP contribution in [0, 0.1) is 0 Å². The summed E-state index contributed by atoms with van der Waals surface area (Å²) in [6.07, 6.45) is 6.18. The first kappa shape index (κ1) is 24.6. The highest BCUT2D eigenvalue weighted by molar-refractivity contribution is 7.89. The lowest BCUT2D eigenvalue weighted by molar-refractivity contribution is -0.121. The van der Waals surface area contributed by atoms with Gasteiger partial charge in [-0.1, -0.05) is 24.3 Å². The van der Waals surface area contributed by atoms with E-state index in [0.29, 0.717) is 31.6 Å². The van der Waals surface area contributed by atoms with Crippen LogP contribution in [0.3, 0.4) is 0 Å². The minimum atomic E-state index is -3.54. The summed E-state index contributed by atoms with van der Waals surface area (Å²) in [5.74, 6) is 0.700. The summed E-state index contributed by atoms with van der Waals surface area (Å²) in [7, 11) is -0.535. The largest absolute Gasteiger partial charge is 0.352 e. The number of carbonyl (C=O) groups excluding carboxylic acids is 1. The van der Waals surface area contributed by atoms with Crippen LogP contribution in [0.25, 0.3) is 11.0 Å². The van der Waals surface area contributed by atoms with Gasteiger partial charge in [-0.15, -0.1) is 0 Å². The Bertz CT molecular complexity index is 1420. The van der Waals surface area contributed by atoms with Gasteiger partial charge in [0.1, 0.15) is 5.82 Å². The maximum absolute atomic E-state index is 12.6. The van der Waals surface area contributed by atoms with Crippen molar-refractivity contribution in [3.8, 4) is 0 Å². The Kier molecular flexibility index (Phi) is 7.32. The fourth-order valence-electron chi connectivity index (χ4n) is 4.04. The second-order valence-electron chi connectivity index (χ2n) is 8.49. The number of amides is 1. The van der Waals surface area contributed by atoms with E-state index in [1.54, 1.807) is 30.7 Å². The number of aryl methyl sites for hydroxylation is 2. The zero-order chi connectivity index (χ0) is 25.0. The molecule has 0 spiro atoms. The van der Waals surface area contributed by atoms with Gasteiger partial charge < -0.3 is 14.5 Å². The fourth-order valence-corrected chi connectivity index (χ4v) is 4.97. The minimum Gasteiger partial charge on any atom is -0.352 e. The summed E-state index contributed by atoms with van der Waals surface area (Å²) in [4.78, 5) is 21.6. The molecule has 0 saturated heterocycles. The van der Waals surface area contributed by atoms with E-state index >= 15 is 0 Å². The first-order chi connectivity index (χ1) is 16.8. The number of nitrogens with zero attached hydrogens (tertiary/aromatic N) is 5. The van der Waals surface area contributed by atoms with Gasteiger partial charge in [0.25, 0.3) is 0 Å². The number of fused-ring (bicyclic) bond motifs is 1. The minimum absolute atomic E-state index is 0.0620. The smallest absolute Gasteiger partial charge is 0.242 e. The van der Waals surface area contributed by atoms with Crippen LogP contribution in [-0.4, -0.2) is 51.8 Å². The van der Waals surface area contributed by atoms with Crippen molar-refractivity contribution < 1.29 is 13.2 Å². The van der Waals surface area contributed by atoms with Gasteiger partial charge in [-0.3, -0.25) is 4.79 Å². The van der Waals surface area contributed by atoms with Crippen molar-refractivity contribution in [1.82, 2.24) is 28.7 Å². The number of nitrogens with one attached hydrogen (secondary N) is 1. The second-order valence-corrected chi connectivity index (χ2v) is 10.6. The molecule has 1 amide bonds. The highest BCUT2D eigenvalue weighted by atomic mass is 32.2. The Morgan fingerprint density at radius 3 is 2.57 bits per heavy atom. The third kappa shape index (κ3) is 5.44. The van der Waals surface area contributed by atoms with Crippen LogP contribution in [0.4, 0.5) is 0 Å². The Hall–Kier alpha value is -3.50. The Morgan fingerprint density at radius 1 is 1.11 bits per heavy atom. The highest BCUT2D eigenvalue weighted by Gasteiger charge is 2.19. The first-order valence-electron chi connectivity index (χ1n) is 11.5. The maximum atomic E-state index is 12.6. The molecule has 1 N–H and O–H groups in total. The molecule has 9 nitrogen and oxygen atoms in total. The van der Waals surface area contributed by atoms with Gasteiger partial charge in [0.05, 0.1) is 22.3 Å². The summed E-state index contributed by atoms with van der Waals surface area (Å²) in [6, 6.07) is 13.0. The van der Waals surface area contributed by atoms with Crippen LogP contribution < -0.4 is 5.32 Å². The van der Waals surface area contributed by atoms with E-state index in [2.05, 4.69) is 21.4 Å². The fraction of sp³-hybridized carbons (Fsp3) is 0.320. The van der Waals surface area contributed by atoms with Gasteiger partial charge in [-0.05, 0) is 36.2 Å². The summed E-state index contributed by atoms with van der Waals surface area (Å²) in [6.45, 7) is 3.82. The number of sulfonamides is 1. The monoisotopic (exact) mass is 494 g/mol. The van der Waals surface area contributed by atoms with Gasteiger partial charge in [0, 0.05) is 59.0 Å². The normalized spacial score (nSPS) is 11.9. The molecule has 35 heavy (non-hydrogen) atoms. The highest BCUT2D eigenvalue weighted by Crippen LogP contribution is 2.23. The number of hydrogen-bond donors (Lipinski definition) is 1. The summed E-state index contributed by atoms with van der Waals surface area (Å²) < 4.78 is 30.2. The van der Waals surface area contributed by atoms with Crippen molar-refractivity contribution in [3.05, 3.63) is 78.1 Å². The van der Waals surface area contributed by atoms with E-state index in [1.165, 1.54) is 18.4 Å². The molecule has 2 heterocycles. The zero-order valence-electron chi connectivity index (χ0n) is 20.2. The molecule has 10 heteroatoms. The van der Waals surface area contributed by atoms with Crippen LogP contribution in [0.1, 0.15) is 30.3 Å². The molecule has 184 valence electrons. The quantitative estimate of drug-likeness (QED) is 0.365. The standard InChI is InChI=1S/C25H30N6O3S/c1-4-31-23-10-9-21(35(33,34)29(2)3)15-22(23)28-24(31)11-12-25(32)27-16-19-7-5-6-8-20(19)17-30-14-13-26-18-30/h5-10,13-15,18H,4,11-12,16-17H2,1-3H3,(H,27,32). The van der Waals surface area contributed by atoms with Crippen molar-refractivity contribution in [2.24, 2.45) is 0 Å². The molecule has 0 bridgehead atoms. The molecule has 2 aromatic heterocycles. The Morgan fingerprint density at radius 2 is 1.89 bits per heavy atom. The molecule has 0 radical (unpaired) electrons. The van der Waals surface area contributed by atoms with E-state index in [0.717, 1.165) is 22.5 Å². The number of benzene rings is 2. The van der Waals surface area contributed by atoms with E-state index in [4.69, 9.17) is 0 Å². The van der Waals surface area contributed by atoms with Gasteiger partial charge in [0.15, 0.2) is 0 Å². The number of imidazole rings is 2. The third-order valence-corrected chi connectivity index (χ3v) is 7.79. The van der Waals surface area contributed by atoms with Gasteiger partial charge >= 0.3 is 0 Å². The van der Waals surface area contributed by atoms with E-state index in [1.807, 2.05) is 40.5 Å². The first-order valence-corrected chi connectivity index (χ1v) is 12.9. The lowest BCUT2D eigenvalue weighted by Crippen LogP contribution is -2.24. The molecule has 0 aliphatic carbocycles. The van der Waals surface area contributed by atoms with Crippen molar-refractivity contribution >= 4 is 27.0 Å². The number of rotatable bonds is 10. The Balaban J connectivity index is 1.43. The number of carbonyl (C=O) groups is 1. The average molecular weight is 495 g/mol. The molecule has 0 unspecified atom stereocenters. The van der Waals surface area contributed by atoms with Gasteiger partial charge in [0.2, 0.25) is 15.9 Å². The molecule has 4 aromatic rings. The van der Waals surface area contributed by atoms with Crippen LogP contribution in [0.5, 0.6) is 0 Å². The van der Waals surface area contributed by atoms with Crippen LogP contribution in [0.15, 0.2) is 66.1 Å². The molecule has 4 rings (SSSR count). The van der Waals surface area contributed by atoms with Crippen LogP contribution in [0.2, 0.25) is 0 Å². The van der Waals surface area contributed by atoms with Crippen molar-refractivity contribution in [2.75, 3.05) is 14.1 Å². The lowest BCUT2D eigenvalue weighted by Gasteiger charge is -2.12. The average Bonchev–Trinajstić information content (AvgIpc) is 3.48. The second kappa shape index (κ2) is 10.4. The predicted octanol–water partition coefficient (Wildman–Crippen LogP) is 2.80. The van der Waals surface area contributed by atoms with Crippen LogP contribution >= 0.6 is 0 Å². The molecule has 2 aromatic carbocycles. The maximum Gasteiger partial charge on any atom is 0.242 e. The molecule has 0 fully saturated rings. The zero-order valence-corrected chi connectivity index (χ0v) is 21.0. The summed E-state index contributed by atoms with van der Waals surface area (Å²) in [5, 5.41) is 3.02. The topological polar surface area (TPSA) is 102 Å². The Labute approximate surface area is 205 Å².